The van der Waals surface area contributed by atoms with Crippen molar-refractivity contribution >= 4 is 33.3 Å². The molecule has 0 spiro atoms. The van der Waals surface area contributed by atoms with Crippen molar-refractivity contribution in [3.05, 3.63) is 16.8 Å². The molecule has 1 saturated heterocycles. The molecule has 0 radical (unpaired) electrons. The van der Waals surface area contributed by atoms with Gasteiger partial charge in [0.05, 0.1) is 38.2 Å². The summed E-state index contributed by atoms with van der Waals surface area (Å²) in [6.07, 6.45) is 2.95. The summed E-state index contributed by atoms with van der Waals surface area (Å²) in [7, 11) is 1.62. The Kier molecular flexibility index (Phi) is 4.82. The molecule has 0 atom stereocenters. The number of nitrogens with zero attached hydrogens (tertiary/aromatic N) is 4. The van der Waals surface area contributed by atoms with E-state index in [9.17, 15) is 4.79 Å². The van der Waals surface area contributed by atoms with Crippen molar-refractivity contribution in [3.8, 4) is 0 Å². The normalized spacial score (nSPS) is 17.8. The Labute approximate surface area is 150 Å². The summed E-state index contributed by atoms with van der Waals surface area (Å²) < 4.78 is 10.5. The van der Waals surface area contributed by atoms with Crippen molar-refractivity contribution in [2.24, 2.45) is 0 Å². The van der Waals surface area contributed by atoms with E-state index in [0.717, 1.165) is 49.9 Å². The van der Waals surface area contributed by atoms with Crippen LogP contribution in [0.5, 0.6) is 0 Å². The van der Waals surface area contributed by atoms with Gasteiger partial charge in [0.2, 0.25) is 5.91 Å². The van der Waals surface area contributed by atoms with Gasteiger partial charge in [-0.25, -0.2) is 9.97 Å². The van der Waals surface area contributed by atoms with E-state index in [-0.39, 0.29) is 5.91 Å². The van der Waals surface area contributed by atoms with Gasteiger partial charge in [0.25, 0.3) is 0 Å². The lowest BCUT2D eigenvalue weighted by atomic mass is 10.0. The molecule has 0 bridgehead atoms. The molecule has 4 heterocycles. The van der Waals surface area contributed by atoms with E-state index in [1.165, 1.54) is 15.8 Å². The van der Waals surface area contributed by atoms with Gasteiger partial charge in [0.1, 0.15) is 17.0 Å². The highest BCUT2D eigenvalue weighted by molar-refractivity contribution is 7.19. The van der Waals surface area contributed by atoms with Crippen molar-refractivity contribution in [1.29, 1.82) is 0 Å². The molecule has 0 N–H and O–H groups in total. The van der Waals surface area contributed by atoms with Crippen LogP contribution in [0.4, 0.5) is 5.82 Å². The SMILES string of the molecule is COCCC(=O)N1CCc2c(sc3ncnc(N4CCOCC4)c23)C1. The zero-order valence-corrected chi connectivity index (χ0v) is 15.2. The molecule has 2 aliphatic rings. The van der Waals surface area contributed by atoms with Gasteiger partial charge in [-0.1, -0.05) is 0 Å². The van der Waals surface area contributed by atoms with Crippen LogP contribution in [-0.2, 0) is 27.2 Å². The molecule has 2 aromatic rings. The first kappa shape index (κ1) is 16.7. The molecule has 0 aromatic carbocycles. The maximum absolute atomic E-state index is 12.3. The Balaban J connectivity index is 1.63. The van der Waals surface area contributed by atoms with Crippen molar-refractivity contribution in [2.75, 3.05) is 51.5 Å². The minimum Gasteiger partial charge on any atom is -0.384 e. The van der Waals surface area contributed by atoms with Crippen LogP contribution < -0.4 is 4.90 Å². The highest BCUT2D eigenvalue weighted by Gasteiger charge is 2.27. The standard InChI is InChI=1S/C17H22N4O3S/c1-23-7-3-14(22)21-4-2-12-13(10-21)25-17-15(12)16(18-11-19-17)20-5-8-24-9-6-20/h11H,2-10H2,1H3. The number of fused-ring (bicyclic) bond motifs is 3. The molecule has 7 nitrogen and oxygen atoms in total. The zero-order valence-electron chi connectivity index (χ0n) is 14.4. The van der Waals surface area contributed by atoms with E-state index in [0.29, 0.717) is 19.6 Å². The molecule has 1 fully saturated rings. The van der Waals surface area contributed by atoms with Gasteiger partial charge in [0.15, 0.2) is 0 Å². The minimum absolute atomic E-state index is 0.157. The maximum atomic E-state index is 12.3. The largest absolute Gasteiger partial charge is 0.384 e. The lowest BCUT2D eigenvalue weighted by molar-refractivity contribution is -0.133. The van der Waals surface area contributed by atoms with E-state index < -0.39 is 0 Å². The summed E-state index contributed by atoms with van der Waals surface area (Å²) >= 11 is 1.69. The van der Waals surface area contributed by atoms with Crippen molar-refractivity contribution in [2.45, 2.75) is 19.4 Å². The summed E-state index contributed by atoms with van der Waals surface area (Å²) in [4.78, 5) is 27.8. The van der Waals surface area contributed by atoms with Gasteiger partial charge in [-0.2, -0.15) is 0 Å². The van der Waals surface area contributed by atoms with Gasteiger partial charge in [-0.3, -0.25) is 4.79 Å². The summed E-state index contributed by atoms with van der Waals surface area (Å²) in [5.41, 5.74) is 1.32. The van der Waals surface area contributed by atoms with Crippen LogP contribution in [0.2, 0.25) is 0 Å². The Hall–Kier alpha value is -1.77. The third kappa shape index (κ3) is 3.21. The van der Waals surface area contributed by atoms with Crippen LogP contribution in [0.1, 0.15) is 16.9 Å². The number of anilines is 1. The molecule has 8 heteroatoms. The Morgan fingerprint density at radius 3 is 2.96 bits per heavy atom. The summed E-state index contributed by atoms with van der Waals surface area (Å²) in [6.45, 7) is 5.08. The smallest absolute Gasteiger partial charge is 0.225 e. The highest BCUT2D eigenvalue weighted by atomic mass is 32.1. The number of carbonyl (C=O) groups excluding carboxylic acids is 1. The average Bonchev–Trinajstić information content (AvgIpc) is 3.04. The Morgan fingerprint density at radius 1 is 1.32 bits per heavy atom. The van der Waals surface area contributed by atoms with E-state index in [2.05, 4.69) is 14.9 Å². The number of morpholine rings is 1. The van der Waals surface area contributed by atoms with Gasteiger partial charge in [-0.15, -0.1) is 11.3 Å². The summed E-state index contributed by atoms with van der Waals surface area (Å²) in [5, 5.41) is 1.17. The van der Waals surface area contributed by atoms with Gasteiger partial charge in [-0.05, 0) is 12.0 Å². The molecule has 4 rings (SSSR count). The number of rotatable bonds is 4. The van der Waals surface area contributed by atoms with Gasteiger partial charge >= 0.3 is 0 Å². The molecule has 2 aliphatic heterocycles. The third-order valence-corrected chi connectivity index (χ3v) is 5.93. The summed E-state index contributed by atoms with van der Waals surface area (Å²) in [6, 6.07) is 0. The molecular formula is C17H22N4O3S. The number of hydrogen-bond acceptors (Lipinski definition) is 7. The highest BCUT2D eigenvalue weighted by Crippen LogP contribution is 2.38. The molecule has 2 aromatic heterocycles. The molecule has 1 amide bonds. The fourth-order valence-corrected chi connectivity index (χ4v) is 4.68. The molecule has 0 aliphatic carbocycles. The van der Waals surface area contributed by atoms with Crippen LogP contribution in [0, 0.1) is 0 Å². The van der Waals surface area contributed by atoms with Crippen molar-refractivity contribution < 1.29 is 14.3 Å². The summed E-state index contributed by atoms with van der Waals surface area (Å²) in [5.74, 6) is 1.18. The minimum atomic E-state index is 0.157. The van der Waals surface area contributed by atoms with E-state index >= 15 is 0 Å². The predicted octanol–water partition coefficient (Wildman–Crippen LogP) is 1.45. The number of ether oxygens (including phenoxy) is 2. The number of hydrogen-bond donors (Lipinski definition) is 0. The van der Waals surface area contributed by atoms with E-state index in [4.69, 9.17) is 9.47 Å². The predicted molar refractivity (Wildman–Crippen MR) is 96.1 cm³/mol. The Bertz CT molecular complexity index is 773. The van der Waals surface area contributed by atoms with Crippen LogP contribution in [-0.4, -0.2) is 67.3 Å². The van der Waals surface area contributed by atoms with Crippen LogP contribution >= 0.6 is 11.3 Å². The fraction of sp³-hybridized carbons (Fsp3) is 0.588. The second-order valence-corrected chi connectivity index (χ2v) is 7.37. The lowest BCUT2D eigenvalue weighted by Crippen LogP contribution is -2.37. The van der Waals surface area contributed by atoms with Crippen LogP contribution in [0.3, 0.4) is 0 Å². The second kappa shape index (κ2) is 7.23. The van der Waals surface area contributed by atoms with Crippen molar-refractivity contribution in [3.63, 3.8) is 0 Å². The maximum Gasteiger partial charge on any atom is 0.225 e. The topological polar surface area (TPSA) is 67.8 Å². The number of thiophene rings is 1. The molecule has 134 valence electrons. The molecular weight excluding hydrogens is 340 g/mol. The monoisotopic (exact) mass is 362 g/mol. The first-order valence-electron chi connectivity index (χ1n) is 8.62. The van der Waals surface area contributed by atoms with Crippen LogP contribution in [0.25, 0.3) is 10.2 Å². The van der Waals surface area contributed by atoms with E-state index in [1.54, 1.807) is 24.8 Å². The number of methoxy groups -OCH3 is 1. The molecule has 0 saturated carbocycles. The molecule has 25 heavy (non-hydrogen) atoms. The fourth-order valence-electron chi connectivity index (χ4n) is 3.49. The van der Waals surface area contributed by atoms with Crippen LogP contribution in [0.15, 0.2) is 6.33 Å². The molecule has 0 unspecified atom stereocenters. The Morgan fingerprint density at radius 2 is 2.16 bits per heavy atom. The quantitative estimate of drug-likeness (QED) is 0.820. The zero-order chi connectivity index (χ0) is 17.2. The average molecular weight is 362 g/mol. The van der Waals surface area contributed by atoms with Gasteiger partial charge < -0.3 is 19.3 Å². The van der Waals surface area contributed by atoms with E-state index in [1.807, 2.05) is 4.90 Å². The number of carbonyl (C=O) groups is 1. The van der Waals surface area contributed by atoms with Crippen molar-refractivity contribution in [1.82, 2.24) is 14.9 Å². The third-order valence-electron chi connectivity index (χ3n) is 4.80. The lowest BCUT2D eigenvalue weighted by Gasteiger charge is -2.29. The number of amides is 1. The van der Waals surface area contributed by atoms with Gasteiger partial charge in [0, 0.05) is 31.6 Å². The second-order valence-electron chi connectivity index (χ2n) is 6.29. The first-order chi connectivity index (χ1) is 12.3. The number of aromatic nitrogens is 2. The first-order valence-corrected chi connectivity index (χ1v) is 9.44.